The minimum Gasteiger partial charge on any atom is -0.460 e. The first kappa shape index (κ1) is 37.7. The third kappa shape index (κ3) is 8.31. The largest absolute Gasteiger partial charge is 0.460 e. The molecule has 2 heterocycles. The first-order chi connectivity index (χ1) is 24.8. The molecule has 12 nitrogen and oxygen atoms in total. The van der Waals surface area contributed by atoms with E-state index >= 15 is 4.39 Å². The van der Waals surface area contributed by atoms with Crippen molar-refractivity contribution in [1.29, 1.82) is 5.26 Å². The normalized spacial score (nSPS) is 13.4. The number of nitrogens with zero attached hydrogens (tertiary/aromatic N) is 6. The lowest BCUT2D eigenvalue weighted by Gasteiger charge is -2.32. The van der Waals surface area contributed by atoms with E-state index in [-0.39, 0.29) is 25.3 Å². The summed E-state index contributed by atoms with van der Waals surface area (Å²) in [6, 6.07) is 17.2. The molecule has 3 unspecified atom stereocenters. The van der Waals surface area contributed by atoms with Crippen molar-refractivity contribution < 1.29 is 37.5 Å². The Kier molecular flexibility index (Phi) is 11.7. The lowest BCUT2D eigenvalue weighted by atomic mass is 9.82. The first-order valence-electron chi connectivity index (χ1n) is 16.2. The average molecular weight is 731 g/mol. The van der Waals surface area contributed by atoms with Gasteiger partial charge >= 0.3 is 12.1 Å². The maximum atomic E-state index is 15.4. The number of halogens is 2. The fraction of sp³-hybridized carbons (Fsp3) is 0.297. The summed E-state index contributed by atoms with van der Waals surface area (Å²) in [6.45, 7) is 4.80. The van der Waals surface area contributed by atoms with Crippen LogP contribution in [0.5, 0.6) is 0 Å². The van der Waals surface area contributed by atoms with Crippen LogP contribution in [0.15, 0.2) is 78.7 Å². The van der Waals surface area contributed by atoms with E-state index in [4.69, 9.17) is 19.7 Å². The van der Waals surface area contributed by atoms with E-state index in [1.165, 1.54) is 38.1 Å². The summed E-state index contributed by atoms with van der Waals surface area (Å²) in [6.07, 6.45) is 1.29. The van der Waals surface area contributed by atoms with Crippen molar-refractivity contribution in [3.63, 3.8) is 0 Å². The molecule has 52 heavy (non-hydrogen) atoms. The molecule has 2 N–H and O–H groups in total. The van der Waals surface area contributed by atoms with Crippen LogP contribution in [0.2, 0.25) is 0 Å². The highest BCUT2D eigenvalue weighted by Crippen LogP contribution is 2.41. The van der Waals surface area contributed by atoms with Crippen LogP contribution >= 0.6 is 11.3 Å². The summed E-state index contributed by atoms with van der Waals surface area (Å²) < 4.78 is 43.8. The molecule has 3 atom stereocenters. The highest BCUT2D eigenvalue weighted by Gasteiger charge is 2.43. The third-order valence-corrected chi connectivity index (χ3v) is 9.68. The number of aliphatic hydroxyl groups is 1. The second kappa shape index (κ2) is 16.2. The van der Waals surface area contributed by atoms with E-state index in [1.807, 2.05) is 13.0 Å². The number of nitrogens with one attached hydrogen (secondary N) is 1. The van der Waals surface area contributed by atoms with Crippen LogP contribution < -0.4 is 14.8 Å². The average Bonchev–Trinajstić information content (AvgIpc) is 3.82. The minimum absolute atomic E-state index is 0.0423. The first-order valence-corrected chi connectivity index (χ1v) is 17.1. The molecule has 0 spiro atoms. The number of esters is 1. The van der Waals surface area contributed by atoms with E-state index in [0.29, 0.717) is 27.5 Å². The fourth-order valence-electron chi connectivity index (χ4n) is 5.73. The standard InChI is InChI=1S/C37H38F2N7O5S/c1-23-7-6-8-28(18-50-33(47)17-41-4)34(23)44(5)36(48)51-25(3)45-21-42-46(22-45)20-37(49,30-15-29(38)13-14-31(30)39)24(2)35-43-32(19-52-35)27-11-9-26(16-40)10-12-27/h6-15,19,21-22,24-25,41,49H,17-18,20H2,1-5H3/q+1. The molecule has 15 heteroatoms. The lowest BCUT2D eigenvalue weighted by Crippen LogP contribution is -2.42. The molecule has 0 saturated carbocycles. The van der Waals surface area contributed by atoms with Gasteiger partial charge < -0.3 is 19.9 Å². The number of anilines is 1. The Labute approximate surface area is 303 Å². The Morgan fingerprint density at radius 1 is 1.17 bits per heavy atom. The molecule has 0 aliphatic carbocycles. The van der Waals surface area contributed by atoms with Crippen molar-refractivity contribution in [2.45, 2.75) is 51.7 Å². The molecule has 0 radical (unpaired) electrons. The van der Waals surface area contributed by atoms with Gasteiger partial charge in [-0.05, 0) is 49.9 Å². The number of hydrogen-bond acceptors (Lipinski definition) is 10. The van der Waals surface area contributed by atoms with Gasteiger partial charge in [-0.3, -0.25) is 9.69 Å². The maximum Gasteiger partial charge on any atom is 0.416 e. The summed E-state index contributed by atoms with van der Waals surface area (Å²) in [4.78, 5) is 31.3. The Morgan fingerprint density at radius 3 is 2.63 bits per heavy atom. The van der Waals surface area contributed by atoms with Gasteiger partial charge in [-0.15, -0.1) is 16.0 Å². The minimum atomic E-state index is -2.03. The molecular formula is C37H38F2N7O5S+. The van der Waals surface area contributed by atoms with Crippen molar-refractivity contribution in [3.8, 4) is 17.3 Å². The lowest BCUT2D eigenvalue weighted by molar-refractivity contribution is -0.753. The molecule has 1 amide bonds. The number of nitriles is 1. The maximum absolute atomic E-state index is 15.4. The zero-order valence-electron chi connectivity index (χ0n) is 29.2. The van der Waals surface area contributed by atoms with E-state index in [0.717, 1.165) is 29.3 Å². The van der Waals surface area contributed by atoms with E-state index < -0.39 is 41.4 Å². The molecule has 5 rings (SSSR count). The van der Waals surface area contributed by atoms with Crippen molar-refractivity contribution in [3.05, 3.63) is 118 Å². The Bertz CT molecular complexity index is 2100. The van der Waals surface area contributed by atoms with Gasteiger partial charge in [0.15, 0.2) is 0 Å². The fourth-order valence-corrected chi connectivity index (χ4v) is 6.70. The number of benzene rings is 3. The number of para-hydroxylation sites is 1. The van der Waals surface area contributed by atoms with Crippen LogP contribution in [-0.2, 0) is 33.0 Å². The van der Waals surface area contributed by atoms with Crippen LogP contribution in [0.25, 0.3) is 11.3 Å². The zero-order valence-corrected chi connectivity index (χ0v) is 30.0. The van der Waals surface area contributed by atoms with Crippen LogP contribution in [0.3, 0.4) is 0 Å². The Morgan fingerprint density at radius 2 is 1.92 bits per heavy atom. The molecule has 0 fully saturated rings. The molecule has 0 bridgehead atoms. The number of amides is 1. The van der Waals surface area contributed by atoms with E-state index in [9.17, 15) is 19.1 Å². The molecule has 270 valence electrons. The summed E-state index contributed by atoms with van der Waals surface area (Å²) in [5.74, 6) is -2.82. The highest BCUT2D eigenvalue weighted by molar-refractivity contribution is 7.10. The van der Waals surface area contributed by atoms with Gasteiger partial charge in [-0.2, -0.15) is 9.83 Å². The predicted octanol–water partition coefficient (Wildman–Crippen LogP) is 5.50. The molecule has 2 aromatic heterocycles. The Balaban J connectivity index is 1.36. The van der Waals surface area contributed by atoms with Gasteiger partial charge in [-0.1, -0.05) is 37.3 Å². The number of rotatable bonds is 13. The van der Waals surface area contributed by atoms with Crippen LogP contribution in [0.1, 0.15) is 53.3 Å². The van der Waals surface area contributed by atoms with Gasteiger partial charge in [0, 0.05) is 47.1 Å². The van der Waals surface area contributed by atoms with Gasteiger partial charge in [0.2, 0.25) is 12.6 Å². The number of carbonyl (C=O) groups is 2. The Hall–Kier alpha value is -5.56. The number of thiazole rings is 1. The number of likely N-dealkylation sites (N-methyl/N-ethyl adjacent to an activating group) is 1. The van der Waals surface area contributed by atoms with Crippen molar-refractivity contribution in [1.82, 2.24) is 20.1 Å². The van der Waals surface area contributed by atoms with Gasteiger partial charge in [0.25, 0.3) is 6.33 Å². The second-order valence-corrected chi connectivity index (χ2v) is 13.1. The van der Waals surface area contributed by atoms with Crippen LogP contribution in [0.4, 0.5) is 19.3 Å². The van der Waals surface area contributed by atoms with Gasteiger partial charge in [-0.25, -0.2) is 18.6 Å². The third-order valence-electron chi connectivity index (χ3n) is 8.65. The van der Waals surface area contributed by atoms with Crippen molar-refractivity contribution >= 4 is 29.1 Å². The monoisotopic (exact) mass is 730 g/mol. The van der Waals surface area contributed by atoms with Crippen molar-refractivity contribution in [2.75, 3.05) is 25.5 Å². The second-order valence-electron chi connectivity index (χ2n) is 12.2. The number of carbonyl (C=O) groups excluding carboxylic acids is 2. The zero-order chi connectivity index (χ0) is 37.6. The van der Waals surface area contributed by atoms with Crippen molar-refractivity contribution in [2.24, 2.45) is 0 Å². The predicted molar refractivity (Wildman–Crippen MR) is 188 cm³/mol. The molecule has 3 aromatic carbocycles. The van der Waals surface area contributed by atoms with Gasteiger partial charge in [0.1, 0.15) is 30.4 Å². The summed E-state index contributed by atoms with van der Waals surface area (Å²) in [5, 5.41) is 30.8. The number of ether oxygens (including phenoxy) is 2. The quantitative estimate of drug-likeness (QED) is 0.119. The van der Waals surface area contributed by atoms with E-state index in [2.05, 4.69) is 16.5 Å². The van der Waals surface area contributed by atoms with Gasteiger partial charge in [0.05, 0.1) is 34.6 Å². The molecule has 0 aliphatic rings. The SMILES string of the molecule is CNCC(=O)OCc1cccc(C)c1N(C)C(=O)OC(C)[n+]1cnn(CC(O)(c2cc(F)ccc2F)C(C)c2nc(-c3ccc(C#N)cc3)cs2)c1. The van der Waals surface area contributed by atoms with E-state index in [1.54, 1.807) is 69.7 Å². The molecule has 0 aliphatic heterocycles. The number of hydrogen-bond donors (Lipinski definition) is 2. The summed E-state index contributed by atoms with van der Waals surface area (Å²) in [7, 11) is 3.18. The van der Waals surface area contributed by atoms with Crippen LogP contribution in [-0.4, -0.2) is 52.6 Å². The number of aryl methyl sites for hydroxylation is 1. The number of aromatic nitrogens is 4. The smallest absolute Gasteiger partial charge is 0.416 e. The topological polar surface area (TPSA) is 146 Å². The summed E-state index contributed by atoms with van der Waals surface area (Å²) in [5.41, 5.74) is 1.44. The highest BCUT2D eigenvalue weighted by atomic mass is 32.1. The molecular weight excluding hydrogens is 693 g/mol. The summed E-state index contributed by atoms with van der Waals surface area (Å²) >= 11 is 1.25. The van der Waals surface area contributed by atoms with Crippen LogP contribution in [0, 0.1) is 29.9 Å². The molecule has 0 saturated heterocycles. The molecule has 5 aromatic rings.